The molecule has 8 nitrogen and oxygen atoms in total. The van der Waals surface area contributed by atoms with Gasteiger partial charge in [0.25, 0.3) is 5.91 Å². The van der Waals surface area contributed by atoms with Crippen molar-refractivity contribution < 1.29 is 31.5 Å². The Hall–Kier alpha value is -3.05. The zero-order chi connectivity index (χ0) is 32.9. The summed E-state index contributed by atoms with van der Waals surface area (Å²) in [7, 11) is -3.80. The second kappa shape index (κ2) is 12.2. The van der Waals surface area contributed by atoms with Crippen molar-refractivity contribution in [3.8, 4) is 16.9 Å². The maximum Gasteiger partial charge on any atom is 0.259 e. The number of rotatable bonds is 10. The first-order valence-corrected chi connectivity index (χ1v) is 18.1. The van der Waals surface area contributed by atoms with Gasteiger partial charge in [0.15, 0.2) is 0 Å². The minimum atomic E-state index is -3.80. The number of sulfonamides is 1. The Morgan fingerprint density at radius 1 is 1.09 bits per heavy atom. The monoisotopic (exact) mass is 657 g/mol. The van der Waals surface area contributed by atoms with Crippen LogP contribution >= 0.6 is 0 Å². The molecule has 0 aromatic heterocycles. The van der Waals surface area contributed by atoms with Crippen molar-refractivity contribution in [1.29, 1.82) is 0 Å². The summed E-state index contributed by atoms with van der Waals surface area (Å²) in [5.74, 6) is -1.83. The van der Waals surface area contributed by atoms with Gasteiger partial charge in [-0.3, -0.25) is 14.3 Å². The van der Waals surface area contributed by atoms with E-state index in [0.717, 1.165) is 25.7 Å². The van der Waals surface area contributed by atoms with Gasteiger partial charge in [-0.05, 0) is 93.7 Å². The summed E-state index contributed by atoms with van der Waals surface area (Å²) in [5.41, 5.74) is 0.116. The number of amides is 2. The number of hydrogen-bond donors (Lipinski definition) is 3. The average Bonchev–Trinajstić information content (AvgIpc) is 3.32. The minimum Gasteiger partial charge on any atom is -0.490 e. The maximum absolute atomic E-state index is 15.8. The smallest absolute Gasteiger partial charge is 0.259 e. The van der Waals surface area contributed by atoms with E-state index in [4.69, 9.17) is 4.74 Å². The van der Waals surface area contributed by atoms with Crippen LogP contribution in [0, 0.1) is 5.82 Å². The molecule has 3 aliphatic carbocycles. The Bertz CT molecular complexity index is 1620. The van der Waals surface area contributed by atoms with Gasteiger partial charge in [0.2, 0.25) is 21.6 Å². The molecule has 3 saturated carbocycles. The molecule has 2 aromatic carbocycles. The molecule has 11 heteroatoms. The summed E-state index contributed by atoms with van der Waals surface area (Å²) >= 11 is 0. The quantitative estimate of drug-likeness (QED) is 0.307. The third kappa shape index (κ3) is 6.29. The summed E-state index contributed by atoms with van der Waals surface area (Å²) < 4.78 is 64.0. The second-order valence-electron chi connectivity index (χ2n) is 14.2. The van der Waals surface area contributed by atoms with E-state index in [9.17, 15) is 22.4 Å². The number of carbonyl (C=O) groups excluding carboxylic acids is 2. The molecule has 4 atom stereocenters. The predicted molar refractivity (Wildman–Crippen MR) is 172 cm³/mol. The molecule has 0 unspecified atom stereocenters. The molecule has 1 spiro atoms. The van der Waals surface area contributed by atoms with Gasteiger partial charge in [0.1, 0.15) is 17.7 Å². The summed E-state index contributed by atoms with van der Waals surface area (Å²) in [5, 5.41) is 6.25. The number of ether oxygens (including phenoxy) is 1. The van der Waals surface area contributed by atoms with Crippen molar-refractivity contribution in [2.45, 2.75) is 125 Å². The average molecular weight is 658 g/mol. The van der Waals surface area contributed by atoms with Gasteiger partial charge in [-0.2, -0.15) is 0 Å². The molecule has 250 valence electrons. The van der Waals surface area contributed by atoms with Gasteiger partial charge in [0, 0.05) is 36.5 Å². The van der Waals surface area contributed by atoms with Gasteiger partial charge in [-0.25, -0.2) is 17.2 Å². The summed E-state index contributed by atoms with van der Waals surface area (Å²) in [6.45, 7) is 5.17. The zero-order valence-electron chi connectivity index (χ0n) is 26.9. The summed E-state index contributed by atoms with van der Waals surface area (Å²) in [4.78, 5) is 26.2. The van der Waals surface area contributed by atoms with Crippen LogP contribution in [0.5, 0.6) is 5.75 Å². The third-order valence-electron chi connectivity index (χ3n) is 10.8. The van der Waals surface area contributed by atoms with Crippen molar-refractivity contribution in [1.82, 2.24) is 15.4 Å². The molecule has 2 aromatic rings. The van der Waals surface area contributed by atoms with E-state index in [1.807, 2.05) is 13.0 Å². The highest BCUT2D eigenvalue weighted by Gasteiger charge is 2.54. The second-order valence-corrected chi connectivity index (χ2v) is 16.4. The standard InChI is InChI=1S/C35H45F2N3O5S/c1-4-26-27(8-7-9-29(26)36)28-18-23(22(2)31(41)40-46(43,44)33(3)16-17-33)10-13-30(28)45-25-12-11-24(19-25)39-32(42)35(37)20-34(38-21-35)14-5-6-15-34/h7-10,13,18,22,24-25,38H,4-6,11-12,14-17,19-21H2,1-3H3,(H,39,42)(H,40,41)/t22-,24-,25-,35-/m1/s1. The Kier molecular flexibility index (Phi) is 8.72. The number of halogens is 2. The molecule has 4 fully saturated rings. The van der Waals surface area contributed by atoms with E-state index in [2.05, 4.69) is 15.4 Å². The molecule has 1 aliphatic heterocycles. The Morgan fingerprint density at radius 2 is 1.83 bits per heavy atom. The topological polar surface area (TPSA) is 114 Å². The number of carbonyl (C=O) groups is 2. The molecule has 4 aliphatic rings. The molecule has 6 rings (SSSR count). The van der Waals surface area contributed by atoms with Gasteiger partial charge in [-0.1, -0.05) is 38.0 Å². The molecular formula is C35H45F2N3O5S. The number of benzene rings is 2. The number of nitrogens with one attached hydrogen (secondary N) is 3. The minimum absolute atomic E-state index is 0.0380. The molecule has 1 saturated heterocycles. The lowest BCUT2D eigenvalue weighted by Gasteiger charge is -2.25. The lowest BCUT2D eigenvalue weighted by Crippen LogP contribution is -2.48. The summed E-state index contributed by atoms with van der Waals surface area (Å²) in [6.07, 6.45) is 7.10. The molecule has 0 bridgehead atoms. The molecule has 46 heavy (non-hydrogen) atoms. The molecule has 2 amide bonds. The SMILES string of the molecule is CCc1c(F)cccc1-c1cc([C@@H](C)C(=O)NS(=O)(=O)C2(C)CC2)ccc1O[C@@H]1CC[C@@H](NC(=O)[C@]2(F)CNC3(CCCC3)C2)C1. The van der Waals surface area contributed by atoms with Gasteiger partial charge < -0.3 is 15.4 Å². The van der Waals surface area contributed by atoms with Gasteiger partial charge >= 0.3 is 0 Å². The highest BCUT2D eigenvalue weighted by Crippen LogP contribution is 2.44. The van der Waals surface area contributed by atoms with Gasteiger partial charge in [-0.15, -0.1) is 0 Å². The van der Waals surface area contributed by atoms with Crippen molar-refractivity contribution >= 4 is 21.8 Å². The zero-order valence-corrected chi connectivity index (χ0v) is 27.7. The van der Waals surface area contributed by atoms with Crippen LogP contribution in [0.2, 0.25) is 0 Å². The van der Waals surface area contributed by atoms with Crippen molar-refractivity contribution in [2.75, 3.05) is 6.54 Å². The van der Waals surface area contributed by atoms with Crippen LogP contribution in [0.4, 0.5) is 8.78 Å². The highest BCUT2D eigenvalue weighted by molar-refractivity contribution is 7.91. The van der Waals surface area contributed by atoms with Crippen LogP contribution in [-0.4, -0.2) is 54.9 Å². The van der Waals surface area contributed by atoms with Crippen LogP contribution in [0.25, 0.3) is 11.1 Å². The number of alkyl halides is 1. The van der Waals surface area contributed by atoms with E-state index in [1.54, 1.807) is 38.1 Å². The van der Waals surface area contributed by atoms with Gasteiger partial charge in [0.05, 0.1) is 10.7 Å². The fourth-order valence-corrected chi connectivity index (χ4v) is 8.80. The largest absolute Gasteiger partial charge is 0.490 e. The van der Waals surface area contributed by atoms with Crippen molar-refractivity contribution in [3.05, 3.63) is 53.3 Å². The van der Waals surface area contributed by atoms with E-state index in [1.165, 1.54) is 6.07 Å². The fourth-order valence-electron chi connectivity index (χ4n) is 7.47. The lowest BCUT2D eigenvalue weighted by atomic mass is 9.89. The predicted octanol–water partition coefficient (Wildman–Crippen LogP) is 5.59. The molecular weight excluding hydrogens is 612 g/mol. The van der Waals surface area contributed by atoms with Crippen molar-refractivity contribution in [2.24, 2.45) is 0 Å². The van der Waals surface area contributed by atoms with Crippen LogP contribution in [0.1, 0.15) is 102 Å². The van der Waals surface area contributed by atoms with E-state index in [0.29, 0.717) is 66.5 Å². The molecule has 0 radical (unpaired) electrons. The molecule has 3 N–H and O–H groups in total. The summed E-state index contributed by atoms with van der Waals surface area (Å²) in [6, 6.07) is 9.85. The van der Waals surface area contributed by atoms with Crippen LogP contribution < -0.4 is 20.1 Å². The normalized spacial score (nSPS) is 27.0. The third-order valence-corrected chi connectivity index (χ3v) is 13.0. The van der Waals surface area contributed by atoms with Crippen molar-refractivity contribution in [3.63, 3.8) is 0 Å². The first-order valence-electron chi connectivity index (χ1n) is 16.7. The Labute approximate surface area is 270 Å². The Balaban J connectivity index is 1.19. The maximum atomic E-state index is 15.8. The molecule has 1 heterocycles. The number of hydrogen-bond acceptors (Lipinski definition) is 6. The Morgan fingerprint density at radius 3 is 2.52 bits per heavy atom. The highest BCUT2D eigenvalue weighted by atomic mass is 32.2. The lowest BCUT2D eigenvalue weighted by molar-refractivity contribution is -0.132. The van der Waals surface area contributed by atoms with Crippen LogP contribution in [0.3, 0.4) is 0 Å². The first-order chi connectivity index (χ1) is 21.8. The van der Waals surface area contributed by atoms with E-state index >= 15 is 4.39 Å². The van der Waals surface area contributed by atoms with E-state index in [-0.39, 0.29) is 36.5 Å². The van der Waals surface area contributed by atoms with Crippen LogP contribution in [0.15, 0.2) is 36.4 Å². The fraction of sp³-hybridized carbons (Fsp3) is 0.600. The first kappa shape index (κ1) is 32.9. The van der Waals surface area contributed by atoms with Crippen LogP contribution in [-0.2, 0) is 26.0 Å². The van der Waals surface area contributed by atoms with E-state index < -0.39 is 38.2 Å².